The van der Waals surface area contributed by atoms with E-state index in [-0.39, 0.29) is 5.78 Å². The zero-order chi connectivity index (χ0) is 18.5. The normalized spacial score (nSPS) is 11.0. The van der Waals surface area contributed by atoms with Gasteiger partial charge in [-0.2, -0.15) is 0 Å². The second-order valence-corrected chi connectivity index (χ2v) is 9.19. The summed E-state index contributed by atoms with van der Waals surface area (Å²) in [6.07, 6.45) is 1.04. The van der Waals surface area contributed by atoms with Crippen LogP contribution in [-0.2, 0) is 6.54 Å². The van der Waals surface area contributed by atoms with Crippen LogP contribution < -0.4 is 5.32 Å². The number of carbonyl (C=O) groups is 1. The molecule has 3 aromatic rings. The number of hydrogen-bond donors (Lipinski definition) is 1. The second-order valence-electron chi connectivity index (χ2n) is 5.96. The fraction of sp³-hybridized carbons (Fsp3) is 0.389. The summed E-state index contributed by atoms with van der Waals surface area (Å²) >= 11 is 4.69. The van der Waals surface area contributed by atoms with E-state index in [2.05, 4.69) is 51.4 Å². The van der Waals surface area contributed by atoms with Crippen LogP contribution in [0.1, 0.15) is 40.0 Å². The summed E-state index contributed by atoms with van der Waals surface area (Å²) in [6.45, 7) is 7.89. The zero-order valence-electron chi connectivity index (χ0n) is 15.1. The van der Waals surface area contributed by atoms with E-state index < -0.39 is 0 Å². The van der Waals surface area contributed by atoms with Gasteiger partial charge in [-0.05, 0) is 37.8 Å². The molecule has 0 unspecified atom stereocenters. The SMILES string of the molecule is CCCNc1nnc(SCC(=O)c2cc(C)n(Cc3cccs3)c2C)s1. The summed E-state index contributed by atoms with van der Waals surface area (Å²) in [4.78, 5) is 14.0. The lowest BCUT2D eigenvalue weighted by Gasteiger charge is -2.08. The Morgan fingerprint density at radius 2 is 2.19 bits per heavy atom. The molecule has 0 aromatic carbocycles. The van der Waals surface area contributed by atoms with Gasteiger partial charge in [0.15, 0.2) is 10.1 Å². The van der Waals surface area contributed by atoms with Gasteiger partial charge < -0.3 is 9.88 Å². The van der Waals surface area contributed by atoms with E-state index in [9.17, 15) is 4.79 Å². The number of thioether (sulfide) groups is 1. The standard InChI is InChI=1S/C18H22N4OS3/c1-4-7-19-17-20-21-18(26-17)25-11-16(23)15-9-12(2)22(13(15)3)10-14-6-5-8-24-14/h5-6,8-9H,4,7,10-11H2,1-3H3,(H,19,20). The van der Waals surface area contributed by atoms with E-state index in [0.717, 1.165) is 45.9 Å². The fourth-order valence-corrected chi connectivity index (χ4v) is 5.02. The van der Waals surface area contributed by atoms with E-state index in [0.29, 0.717) is 5.75 Å². The first-order valence-corrected chi connectivity index (χ1v) is 11.2. The Morgan fingerprint density at radius 3 is 2.92 bits per heavy atom. The second kappa shape index (κ2) is 8.83. The van der Waals surface area contributed by atoms with Gasteiger partial charge in [0.2, 0.25) is 5.13 Å². The van der Waals surface area contributed by atoms with E-state index in [4.69, 9.17) is 0 Å². The van der Waals surface area contributed by atoms with Gasteiger partial charge in [0, 0.05) is 28.4 Å². The predicted molar refractivity (Wildman–Crippen MR) is 111 cm³/mol. The zero-order valence-corrected chi connectivity index (χ0v) is 17.6. The van der Waals surface area contributed by atoms with Crippen LogP contribution in [0.3, 0.4) is 0 Å². The van der Waals surface area contributed by atoms with Gasteiger partial charge in [0.1, 0.15) is 0 Å². The highest BCUT2D eigenvalue weighted by atomic mass is 32.2. The molecule has 0 spiro atoms. The Labute approximate surface area is 165 Å². The lowest BCUT2D eigenvalue weighted by atomic mass is 10.2. The molecule has 0 aliphatic carbocycles. The molecule has 0 saturated heterocycles. The molecule has 3 heterocycles. The molecule has 138 valence electrons. The molecule has 0 amide bonds. The number of nitrogens with zero attached hydrogens (tertiary/aromatic N) is 3. The lowest BCUT2D eigenvalue weighted by Crippen LogP contribution is -2.07. The fourth-order valence-electron chi connectivity index (χ4n) is 2.66. The number of Topliss-reactive ketones (excluding diaryl/α,β-unsaturated/α-hetero) is 1. The molecule has 0 aliphatic rings. The monoisotopic (exact) mass is 406 g/mol. The van der Waals surface area contributed by atoms with Crippen molar-refractivity contribution in [3.8, 4) is 0 Å². The number of ketones is 1. The summed E-state index contributed by atoms with van der Waals surface area (Å²) in [5, 5.41) is 14.4. The minimum Gasteiger partial charge on any atom is -0.360 e. The molecule has 0 radical (unpaired) electrons. The summed E-state index contributed by atoms with van der Waals surface area (Å²) in [6, 6.07) is 6.18. The first-order chi connectivity index (χ1) is 12.6. The van der Waals surface area contributed by atoms with Crippen LogP contribution in [0.5, 0.6) is 0 Å². The van der Waals surface area contributed by atoms with Crippen molar-refractivity contribution in [3.63, 3.8) is 0 Å². The number of carbonyl (C=O) groups excluding carboxylic acids is 1. The van der Waals surface area contributed by atoms with Crippen molar-refractivity contribution in [3.05, 3.63) is 45.4 Å². The molecule has 0 aliphatic heterocycles. The van der Waals surface area contributed by atoms with Gasteiger partial charge in [-0.25, -0.2) is 0 Å². The number of nitrogens with one attached hydrogen (secondary N) is 1. The van der Waals surface area contributed by atoms with Gasteiger partial charge in [-0.15, -0.1) is 21.5 Å². The molecule has 0 saturated carbocycles. The maximum absolute atomic E-state index is 12.7. The van der Waals surface area contributed by atoms with Gasteiger partial charge >= 0.3 is 0 Å². The highest BCUT2D eigenvalue weighted by molar-refractivity contribution is 8.01. The number of aromatic nitrogens is 3. The molecule has 0 atom stereocenters. The summed E-state index contributed by atoms with van der Waals surface area (Å²) < 4.78 is 3.03. The van der Waals surface area contributed by atoms with Crippen LogP contribution in [-0.4, -0.2) is 32.8 Å². The van der Waals surface area contributed by atoms with Crippen LogP contribution in [0, 0.1) is 13.8 Å². The molecule has 26 heavy (non-hydrogen) atoms. The molecule has 3 rings (SSSR count). The molecular weight excluding hydrogens is 384 g/mol. The van der Waals surface area contributed by atoms with Crippen LogP contribution in [0.25, 0.3) is 0 Å². The average Bonchev–Trinajstić information content (AvgIpc) is 3.36. The van der Waals surface area contributed by atoms with Crippen LogP contribution in [0.2, 0.25) is 0 Å². The summed E-state index contributed by atoms with van der Waals surface area (Å²) in [7, 11) is 0. The summed E-state index contributed by atoms with van der Waals surface area (Å²) in [5.41, 5.74) is 2.95. The first kappa shape index (κ1) is 19.1. The van der Waals surface area contributed by atoms with Gasteiger partial charge in [0.05, 0.1) is 12.3 Å². The topological polar surface area (TPSA) is 59.8 Å². The van der Waals surface area contributed by atoms with Crippen molar-refractivity contribution >= 4 is 45.4 Å². The highest BCUT2D eigenvalue weighted by Gasteiger charge is 2.17. The quantitative estimate of drug-likeness (QED) is 0.406. The van der Waals surface area contributed by atoms with Gasteiger partial charge in [-0.1, -0.05) is 36.1 Å². The third-order valence-corrected chi connectivity index (χ3v) is 6.90. The number of aryl methyl sites for hydroxylation is 1. The minimum absolute atomic E-state index is 0.138. The van der Waals surface area contributed by atoms with E-state index in [1.807, 2.05) is 13.0 Å². The van der Waals surface area contributed by atoms with Crippen molar-refractivity contribution in [1.82, 2.24) is 14.8 Å². The van der Waals surface area contributed by atoms with Gasteiger partial charge in [-0.3, -0.25) is 4.79 Å². The average molecular weight is 407 g/mol. The molecule has 5 nitrogen and oxygen atoms in total. The van der Waals surface area contributed by atoms with Crippen LogP contribution in [0.4, 0.5) is 5.13 Å². The number of thiophene rings is 1. The van der Waals surface area contributed by atoms with E-state index >= 15 is 0 Å². The molecule has 1 N–H and O–H groups in total. The van der Waals surface area contributed by atoms with Crippen molar-refractivity contribution in [2.24, 2.45) is 0 Å². The molecular formula is C18H22N4OS3. The van der Waals surface area contributed by atoms with Crippen LogP contribution >= 0.6 is 34.4 Å². The highest BCUT2D eigenvalue weighted by Crippen LogP contribution is 2.27. The Hall–Kier alpha value is -1.64. The third kappa shape index (κ3) is 4.55. The molecule has 3 aromatic heterocycles. The maximum Gasteiger partial charge on any atom is 0.206 e. The molecule has 0 fully saturated rings. The Morgan fingerprint density at radius 1 is 1.35 bits per heavy atom. The van der Waals surface area contributed by atoms with Crippen molar-refractivity contribution in [2.45, 2.75) is 38.1 Å². The molecule has 0 bridgehead atoms. The lowest BCUT2D eigenvalue weighted by molar-refractivity contribution is 0.102. The van der Waals surface area contributed by atoms with Crippen molar-refractivity contribution in [1.29, 1.82) is 0 Å². The van der Waals surface area contributed by atoms with Crippen LogP contribution in [0.15, 0.2) is 27.9 Å². The summed E-state index contributed by atoms with van der Waals surface area (Å²) in [5.74, 6) is 0.518. The Kier molecular flexibility index (Phi) is 6.50. The predicted octanol–water partition coefficient (Wildman–Crippen LogP) is 4.86. The Balaban J connectivity index is 1.63. The smallest absolute Gasteiger partial charge is 0.206 e. The third-order valence-electron chi connectivity index (χ3n) is 4.03. The maximum atomic E-state index is 12.7. The largest absolute Gasteiger partial charge is 0.360 e. The molecule has 8 heteroatoms. The van der Waals surface area contributed by atoms with Crippen molar-refractivity contribution in [2.75, 3.05) is 17.6 Å². The first-order valence-electron chi connectivity index (χ1n) is 8.51. The number of anilines is 1. The number of rotatable bonds is 9. The Bertz CT molecular complexity index is 867. The van der Waals surface area contributed by atoms with Crippen molar-refractivity contribution < 1.29 is 4.79 Å². The minimum atomic E-state index is 0.138. The van der Waals surface area contributed by atoms with Gasteiger partial charge in [0.25, 0.3) is 0 Å². The number of hydrogen-bond acceptors (Lipinski definition) is 7. The van der Waals surface area contributed by atoms with E-state index in [1.165, 1.54) is 28.0 Å². The van der Waals surface area contributed by atoms with E-state index in [1.54, 1.807) is 11.3 Å².